The van der Waals surface area contributed by atoms with Crippen molar-refractivity contribution in [2.24, 2.45) is 17.3 Å². The van der Waals surface area contributed by atoms with Crippen LogP contribution in [0.15, 0.2) is 24.3 Å². The van der Waals surface area contributed by atoms with Gasteiger partial charge < -0.3 is 0 Å². The van der Waals surface area contributed by atoms with E-state index in [1.165, 1.54) is 19.3 Å². The Kier molecular flexibility index (Phi) is 3.97. The molecule has 0 fully saturated rings. The number of hydrogen-bond donors (Lipinski definition) is 0. The summed E-state index contributed by atoms with van der Waals surface area (Å²) in [4.78, 5) is 0. The summed E-state index contributed by atoms with van der Waals surface area (Å²) in [6.07, 6.45) is 13.1. The van der Waals surface area contributed by atoms with Crippen molar-refractivity contribution < 1.29 is 0 Å². The van der Waals surface area contributed by atoms with Gasteiger partial charge in [0.1, 0.15) is 0 Å². The van der Waals surface area contributed by atoms with Crippen LogP contribution >= 0.6 is 0 Å². The van der Waals surface area contributed by atoms with E-state index in [1.807, 2.05) is 0 Å². The molecule has 1 aliphatic carbocycles. The lowest BCUT2D eigenvalue weighted by atomic mass is 9.67. The van der Waals surface area contributed by atoms with Crippen LogP contribution in [0, 0.1) is 17.3 Å². The second kappa shape index (κ2) is 4.82. The molecule has 0 aromatic rings. The lowest BCUT2D eigenvalue weighted by Crippen LogP contribution is -2.28. The summed E-state index contributed by atoms with van der Waals surface area (Å²) in [6, 6.07) is 0. The van der Waals surface area contributed by atoms with Gasteiger partial charge >= 0.3 is 0 Å². The van der Waals surface area contributed by atoms with Crippen LogP contribution in [-0.4, -0.2) is 0 Å². The summed E-state index contributed by atoms with van der Waals surface area (Å²) in [5.41, 5.74) is 0.512. The van der Waals surface area contributed by atoms with Gasteiger partial charge in [-0.1, -0.05) is 52.0 Å². The smallest absolute Gasteiger partial charge is 0.000917 e. The molecule has 0 unspecified atom stereocenters. The normalized spacial score (nSPS) is 17.2. The summed E-state index contributed by atoms with van der Waals surface area (Å²) in [7, 11) is 0. The maximum absolute atomic E-state index is 2.37. The van der Waals surface area contributed by atoms with E-state index in [1.54, 1.807) is 0 Å². The highest BCUT2D eigenvalue weighted by Gasteiger charge is 2.33. The van der Waals surface area contributed by atoms with Crippen LogP contribution in [0.3, 0.4) is 0 Å². The third-order valence-corrected chi connectivity index (χ3v) is 3.68. The van der Waals surface area contributed by atoms with Crippen molar-refractivity contribution in [1.29, 1.82) is 0 Å². The molecular weight excluding hydrogens is 168 g/mol. The van der Waals surface area contributed by atoms with Gasteiger partial charge in [0, 0.05) is 5.92 Å². The maximum atomic E-state index is 2.37. The SMILES string of the molecule is CCC(CC)(CC(C)C)C1C=CC=C1. The molecule has 1 aliphatic rings. The zero-order valence-corrected chi connectivity index (χ0v) is 10.1. The molecule has 0 saturated heterocycles. The molecule has 0 spiro atoms. The molecule has 0 heteroatoms. The van der Waals surface area contributed by atoms with E-state index in [2.05, 4.69) is 52.0 Å². The molecule has 14 heavy (non-hydrogen) atoms. The summed E-state index contributed by atoms with van der Waals surface area (Å²) >= 11 is 0. The molecule has 1 rings (SSSR count). The van der Waals surface area contributed by atoms with Gasteiger partial charge in [-0.05, 0) is 30.6 Å². The lowest BCUT2D eigenvalue weighted by molar-refractivity contribution is 0.167. The summed E-state index contributed by atoms with van der Waals surface area (Å²) in [5.74, 6) is 1.48. The van der Waals surface area contributed by atoms with Crippen molar-refractivity contribution in [2.45, 2.75) is 47.0 Å². The monoisotopic (exact) mass is 192 g/mol. The van der Waals surface area contributed by atoms with Crippen molar-refractivity contribution >= 4 is 0 Å². The minimum atomic E-state index is 0.512. The topological polar surface area (TPSA) is 0 Å². The van der Waals surface area contributed by atoms with Gasteiger partial charge in [0.2, 0.25) is 0 Å². The Hall–Kier alpha value is -0.520. The predicted molar refractivity (Wildman–Crippen MR) is 64.2 cm³/mol. The Labute approximate surface area is 89.1 Å². The van der Waals surface area contributed by atoms with Crippen molar-refractivity contribution in [2.75, 3.05) is 0 Å². The quantitative estimate of drug-likeness (QED) is 0.598. The first-order valence-electron chi connectivity index (χ1n) is 5.99. The summed E-state index contributed by atoms with van der Waals surface area (Å²) < 4.78 is 0. The number of allylic oxidation sites excluding steroid dienone is 4. The van der Waals surface area contributed by atoms with Gasteiger partial charge in [-0.2, -0.15) is 0 Å². The Balaban J connectivity index is 2.78. The van der Waals surface area contributed by atoms with Crippen molar-refractivity contribution in [3.8, 4) is 0 Å². The highest BCUT2D eigenvalue weighted by molar-refractivity contribution is 5.21. The zero-order chi connectivity index (χ0) is 10.6. The molecule has 0 nitrogen and oxygen atoms in total. The average Bonchev–Trinajstić information content (AvgIpc) is 2.67. The van der Waals surface area contributed by atoms with Crippen LogP contribution in [-0.2, 0) is 0 Å². The van der Waals surface area contributed by atoms with Gasteiger partial charge in [-0.3, -0.25) is 0 Å². The van der Waals surface area contributed by atoms with Gasteiger partial charge in [-0.15, -0.1) is 0 Å². The molecule has 80 valence electrons. The van der Waals surface area contributed by atoms with E-state index >= 15 is 0 Å². The Morgan fingerprint density at radius 1 is 1.07 bits per heavy atom. The molecule has 0 aromatic heterocycles. The maximum Gasteiger partial charge on any atom is 0.000917 e. The van der Waals surface area contributed by atoms with Crippen molar-refractivity contribution in [3.05, 3.63) is 24.3 Å². The number of hydrogen-bond acceptors (Lipinski definition) is 0. The first-order valence-corrected chi connectivity index (χ1v) is 5.99. The van der Waals surface area contributed by atoms with Crippen LogP contribution in [0.5, 0.6) is 0 Å². The fourth-order valence-corrected chi connectivity index (χ4v) is 2.80. The molecule has 0 saturated carbocycles. The first-order chi connectivity index (χ1) is 6.64. The Bertz CT molecular complexity index is 204. The lowest BCUT2D eigenvalue weighted by Gasteiger charge is -2.37. The molecule has 0 atom stereocenters. The van der Waals surface area contributed by atoms with Gasteiger partial charge in [0.15, 0.2) is 0 Å². The highest BCUT2D eigenvalue weighted by Crippen LogP contribution is 2.43. The average molecular weight is 192 g/mol. The fourth-order valence-electron chi connectivity index (χ4n) is 2.80. The van der Waals surface area contributed by atoms with Crippen LogP contribution in [0.25, 0.3) is 0 Å². The van der Waals surface area contributed by atoms with E-state index < -0.39 is 0 Å². The number of rotatable bonds is 5. The zero-order valence-electron chi connectivity index (χ0n) is 10.1. The van der Waals surface area contributed by atoms with E-state index in [0.717, 1.165) is 5.92 Å². The molecule has 0 radical (unpaired) electrons. The molecule has 0 amide bonds. The third-order valence-electron chi connectivity index (χ3n) is 3.68. The second-order valence-corrected chi connectivity index (χ2v) is 4.96. The van der Waals surface area contributed by atoms with Gasteiger partial charge in [-0.25, -0.2) is 0 Å². The minimum absolute atomic E-state index is 0.512. The van der Waals surface area contributed by atoms with Crippen LogP contribution in [0.1, 0.15) is 47.0 Å². The molecular formula is C14H24. The van der Waals surface area contributed by atoms with E-state index in [4.69, 9.17) is 0 Å². The fraction of sp³-hybridized carbons (Fsp3) is 0.714. The molecule has 0 heterocycles. The molecule has 0 aromatic carbocycles. The summed E-state index contributed by atoms with van der Waals surface area (Å²) in [5, 5.41) is 0. The van der Waals surface area contributed by atoms with Gasteiger partial charge in [0.25, 0.3) is 0 Å². The van der Waals surface area contributed by atoms with E-state index in [0.29, 0.717) is 11.3 Å². The highest BCUT2D eigenvalue weighted by atomic mass is 14.4. The molecule has 0 aliphatic heterocycles. The van der Waals surface area contributed by atoms with Crippen molar-refractivity contribution in [1.82, 2.24) is 0 Å². The summed E-state index contributed by atoms with van der Waals surface area (Å²) in [6.45, 7) is 9.35. The Morgan fingerprint density at radius 2 is 1.57 bits per heavy atom. The van der Waals surface area contributed by atoms with E-state index in [-0.39, 0.29) is 0 Å². The van der Waals surface area contributed by atoms with E-state index in [9.17, 15) is 0 Å². The largest absolute Gasteiger partial charge is 0.0771 e. The predicted octanol–water partition coefficient (Wildman–Crippen LogP) is 4.58. The third kappa shape index (κ3) is 2.29. The van der Waals surface area contributed by atoms with Gasteiger partial charge in [0.05, 0.1) is 0 Å². The van der Waals surface area contributed by atoms with Crippen LogP contribution < -0.4 is 0 Å². The first kappa shape index (κ1) is 11.6. The standard InChI is InChI=1S/C14H24/c1-5-14(6-2,11-12(3)4)13-9-7-8-10-13/h7-10,12-13H,5-6,11H2,1-4H3. The second-order valence-electron chi connectivity index (χ2n) is 4.96. The molecule has 0 N–H and O–H groups in total. The Morgan fingerprint density at radius 3 is 1.93 bits per heavy atom. The van der Waals surface area contributed by atoms with Crippen LogP contribution in [0.4, 0.5) is 0 Å². The van der Waals surface area contributed by atoms with Crippen molar-refractivity contribution in [3.63, 3.8) is 0 Å². The molecule has 0 bridgehead atoms. The van der Waals surface area contributed by atoms with Crippen LogP contribution in [0.2, 0.25) is 0 Å². The minimum Gasteiger partial charge on any atom is -0.0771 e.